The molecule has 0 heterocycles. The summed E-state index contributed by atoms with van der Waals surface area (Å²) >= 11 is 0. The van der Waals surface area contributed by atoms with Crippen molar-refractivity contribution < 1.29 is 28.6 Å². The second-order valence-corrected chi connectivity index (χ2v) is 8.59. The van der Waals surface area contributed by atoms with Gasteiger partial charge < -0.3 is 24.8 Å². The van der Waals surface area contributed by atoms with Crippen LogP contribution in [-0.4, -0.2) is 51.1 Å². The maximum atomic E-state index is 13.0. The van der Waals surface area contributed by atoms with E-state index in [9.17, 15) is 14.4 Å². The first-order chi connectivity index (χ1) is 18.2. The minimum absolute atomic E-state index is 0.147. The van der Waals surface area contributed by atoms with Crippen molar-refractivity contribution in [3.63, 3.8) is 0 Å². The average Bonchev–Trinajstić information content (AvgIpc) is 2.90. The predicted molar refractivity (Wildman–Crippen MR) is 145 cm³/mol. The number of nitrogens with two attached hydrogens (primary N) is 1. The van der Waals surface area contributed by atoms with Crippen molar-refractivity contribution in [1.29, 1.82) is 0 Å². The summed E-state index contributed by atoms with van der Waals surface area (Å²) in [5, 5.41) is 2.04. The van der Waals surface area contributed by atoms with Gasteiger partial charge in [0.25, 0.3) is 5.91 Å². The summed E-state index contributed by atoms with van der Waals surface area (Å²) in [4.78, 5) is 36.9. The SMILES string of the molecule is COc1cc(C=C(C(=O)N(C)C)c2ccc(Oc3ccc(CCC(=O)NC(N)=O)cc3)cc2)cc(OC)c1. The molecule has 0 aliphatic rings. The van der Waals surface area contributed by atoms with Crippen LogP contribution in [0.25, 0.3) is 11.6 Å². The summed E-state index contributed by atoms with van der Waals surface area (Å²) in [6, 6.07) is 19.1. The fraction of sp³-hybridized carbons (Fsp3) is 0.207. The first kappa shape index (κ1) is 27.8. The van der Waals surface area contributed by atoms with Crippen LogP contribution >= 0.6 is 0 Å². The number of nitrogens with zero attached hydrogens (tertiary/aromatic N) is 1. The molecule has 4 amide bonds. The molecule has 9 heteroatoms. The van der Waals surface area contributed by atoms with Gasteiger partial charge in [0.05, 0.1) is 14.2 Å². The second-order valence-electron chi connectivity index (χ2n) is 8.59. The quantitative estimate of drug-likeness (QED) is 0.306. The maximum Gasteiger partial charge on any atom is 0.318 e. The number of methoxy groups -OCH3 is 2. The number of hydrogen-bond donors (Lipinski definition) is 2. The van der Waals surface area contributed by atoms with Gasteiger partial charge in [-0.25, -0.2) is 4.79 Å². The van der Waals surface area contributed by atoms with Crippen molar-refractivity contribution in [1.82, 2.24) is 10.2 Å². The van der Waals surface area contributed by atoms with Gasteiger partial charge in [0.1, 0.15) is 23.0 Å². The van der Waals surface area contributed by atoms with Gasteiger partial charge >= 0.3 is 6.03 Å². The van der Waals surface area contributed by atoms with E-state index in [-0.39, 0.29) is 12.3 Å². The van der Waals surface area contributed by atoms with E-state index in [1.807, 2.05) is 41.7 Å². The van der Waals surface area contributed by atoms with Crippen LogP contribution < -0.4 is 25.3 Å². The van der Waals surface area contributed by atoms with Crippen LogP contribution in [0.3, 0.4) is 0 Å². The highest BCUT2D eigenvalue weighted by atomic mass is 16.5. The van der Waals surface area contributed by atoms with Gasteiger partial charge in [-0.05, 0) is 65.6 Å². The van der Waals surface area contributed by atoms with Crippen LogP contribution in [0.2, 0.25) is 0 Å². The molecule has 38 heavy (non-hydrogen) atoms. The number of carbonyl (C=O) groups excluding carboxylic acids is 3. The van der Waals surface area contributed by atoms with Crippen LogP contribution in [0.5, 0.6) is 23.0 Å². The fourth-order valence-corrected chi connectivity index (χ4v) is 3.61. The molecule has 198 valence electrons. The highest BCUT2D eigenvalue weighted by molar-refractivity contribution is 6.24. The number of primary amides is 1. The number of urea groups is 1. The Morgan fingerprint density at radius 1 is 0.842 bits per heavy atom. The molecule has 0 fully saturated rings. The molecule has 0 radical (unpaired) electrons. The number of imide groups is 1. The summed E-state index contributed by atoms with van der Waals surface area (Å²) in [6.45, 7) is 0. The van der Waals surface area contributed by atoms with E-state index in [1.54, 1.807) is 64.7 Å². The molecule has 0 aliphatic heterocycles. The number of carbonyl (C=O) groups is 3. The van der Waals surface area contributed by atoms with Crippen LogP contribution in [-0.2, 0) is 16.0 Å². The summed E-state index contributed by atoms with van der Waals surface area (Å²) < 4.78 is 16.7. The molecule has 3 aromatic rings. The number of amides is 4. The third-order valence-electron chi connectivity index (χ3n) is 5.55. The van der Waals surface area contributed by atoms with Crippen LogP contribution in [0.1, 0.15) is 23.1 Å². The zero-order chi connectivity index (χ0) is 27.7. The molecular weight excluding hydrogens is 486 g/mol. The Kier molecular flexibility index (Phi) is 9.48. The number of ether oxygens (including phenoxy) is 3. The summed E-state index contributed by atoms with van der Waals surface area (Å²) in [5.41, 5.74) is 7.85. The van der Waals surface area contributed by atoms with Gasteiger partial charge in [-0.15, -0.1) is 0 Å². The van der Waals surface area contributed by atoms with Crippen LogP contribution in [0, 0.1) is 0 Å². The van der Waals surface area contributed by atoms with Crippen molar-refractivity contribution >= 4 is 29.5 Å². The third kappa shape index (κ3) is 7.86. The van der Waals surface area contributed by atoms with E-state index in [2.05, 4.69) is 0 Å². The second kappa shape index (κ2) is 13.0. The minimum Gasteiger partial charge on any atom is -0.497 e. The van der Waals surface area contributed by atoms with Gasteiger partial charge in [0.15, 0.2) is 0 Å². The number of aryl methyl sites for hydroxylation is 1. The zero-order valence-corrected chi connectivity index (χ0v) is 21.8. The summed E-state index contributed by atoms with van der Waals surface area (Å²) in [7, 11) is 6.55. The Bertz CT molecular complexity index is 1290. The molecule has 9 nitrogen and oxygen atoms in total. The first-order valence-electron chi connectivity index (χ1n) is 11.8. The molecule has 0 atom stereocenters. The number of rotatable bonds is 10. The van der Waals surface area contributed by atoms with Crippen LogP contribution in [0.4, 0.5) is 4.79 Å². The molecular formula is C29H31N3O6. The lowest BCUT2D eigenvalue weighted by atomic mass is 10.0. The van der Waals surface area contributed by atoms with Crippen molar-refractivity contribution in [2.24, 2.45) is 5.73 Å². The lowest BCUT2D eigenvalue weighted by Crippen LogP contribution is -2.35. The van der Waals surface area contributed by atoms with E-state index in [0.29, 0.717) is 35.0 Å². The number of likely N-dealkylation sites (N-methyl/N-ethyl adjacent to an activating group) is 1. The Labute approximate surface area is 221 Å². The Hall–Kier alpha value is -4.79. The van der Waals surface area contributed by atoms with Gasteiger partial charge in [-0.1, -0.05) is 24.3 Å². The van der Waals surface area contributed by atoms with E-state index < -0.39 is 11.9 Å². The molecule has 0 aromatic heterocycles. The van der Waals surface area contributed by atoms with Gasteiger partial charge in [-0.2, -0.15) is 0 Å². The van der Waals surface area contributed by atoms with Gasteiger partial charge in [0, 0.05) is 32.2 Å². The van der Waals surface area contributed by atoms with Crippen molar-refractivity contribution in [2.45, 2.75) is 12.8 Å². The monoisotopic (exact) mass is 517 g/mol. The number of benzene rings is 3. The van der Waals surface area contributed by atoms with Gasteiger partial charge in [0.2, 0.25) is 5.91 Å². The fourth-order valence-electron chi connectivity index (χ4n) is 3.61. The van der Waals surface area contributed by atoms with E-state index in [0.717, 1.165) is 16.7 Å². The molecule has 3 rings (SSSR count). The molecule has 3 N–H and O–H groups in total. The molecule has 0 unspecified atom stereocenters. The maximum absolute atomic E-state index is 13.0. The van der Waals surface area contributed by atoms with E-state index in [1.165, 1.54) is 4.90 Å². The molecule has 3 aromatic carbocycles. The molecule has 0 aliphatic carbocycles. The van der Waals surface area contributed by atoms with E-state index >= 15 is 0 Å². The smallest absolute Gasteiger partial charge is 0.318 e. The predicted octanol–water partition coefficient (Wildman–Crippen LogP) is 4.25. The van der Waals surface area contributed by atoms with Crippen molar-refractivity contribution in [3.05, 3.63) is 83.4 Å². The Balaban J connectivity index is 1.76. The van der Waals surface area contributed by atoms with Crippen LogP contribution in [0.15, 0.2) is 66.7 Å². The molecule has 0 saturated heterocycles. The highest BCUT2D eigenvalue weighted by Crippen LogP contribution is 2.29. The third-order valence-corrected chi connectivity index (χ3v) is 5.55. The summed E-state index contributed by atoms with van der Waals surface area (Å²) in [6.07, 6.45) is 2.41. The Morgan fingerprint density at radius 2 is 1.39 bits per heavy atom. The van der Waals surface area contributed by atoms with E-state index in [4.69, 9.17) is 19.9 Å². The van der Waals surface area contributed by atoms with Crippen molar-refractivity contribution in [2.75, 3.05) is 28.3 Å². The largest absolute Gasteiger partial charge is 0.497 e. The summed E-state index contributed by atoms with van der Waals surface area (Å²) in [5.74, 6) is 1.88. The zero-order valence-electron chi connectivity index (χ0n) is 21.8. The number of hydrogen-bond acceptors (Lipinski definition) is 6. The van der Waals surface area contributed by atoms with Gasteiger partial charge in [-0.3, -0.25) is 14.9 Å². The Morgan fingerprint density at radius 3 is 1.89 bits per heavy atom. The molecule has 0 bridgehead atoms. The molecule has 0 spiro atoms. The normalized spacial score (nSPS) is 10.9. The number of nitrogens with one attached hydrogen (secondary N) is 1. The molecule has 0 saturated carbocycles. The first-order valence-corrected chi connectivity index (χ1v) is 11.8. The lowest BCUT2D eigenvalue weighted by Gasteiger charge is -2.15. The standard InChI is InChI=1S/C29H31N3O6/c1-32(2)28(34)26(17-20-15-24(36-3)18-25(16-20)37-4)21-8-12-23(13-9-21)38-22-10-5-19(6-11-22)7-14-27(33)31-29(30)35/h5-6,8-13,15-18H,7,14H2,1-4H3,(H3,30,31,33,35). The average molecular weight is 518 g/mol. The lowest BCUT2D eigenvalue weighted by molar-refractivity contribution is -0.122. The highest BCUT2D eigenvalue weighted by Gasteiger charge is 2.15. The van der Waals surface area contributed by atoms with Crippen molar-refractivity contribution in [3.8, 4) is 23.0 Å². The minimum atomic E-state index is -0.862. The topological polar surface area (TPSA) is 120 Å².